The van der Waals surface area contributed by atoms with Gasteiger partial charge in [-0.25, -0.2) is 0 Å². The lowest BCUT2D eigenvalue weighted by molar-refractivity contribution is 0.475. The van der Waals surface area contributed by atoms with Crippen molar-refractivity contribution in [3.8, 4) is 22.7 Å². The highest BCUT2D eigenvalue weighted by Crippen LogP contribution is 2.38. The monoisotopic (exact) mass is 418 g/mol. The van der Waals surface area contributed by atoms with Crippen LogP contribution in [0.1, 0.15) is 27.9 Å². The minimum absolute atomic E-state index is 0.224. The van der Waals surface area contributed by atoms with E-state index in [4.69, 9.17) is 0 Å². The summed E-state index contributed by atoms with van der Waals surface area (Å²) in [6, 6.07) is 19.7. The fourth-order valence-electron chi connectivity index (χ4n) is 4.04. The first-order chi connectivity index (χ1) is 15.5. The summed E-state index contributed by atoms with van der Waals surface area (Å²) in [5.74, 6) is 0.224. The van der Waals surface area contributed by atoms with Crippen molar-refractivity contribution in [2.75, 3.05) is 0 Å². The molecule has 0 saturated carbocycles. The molecule has 1 N–H and O–H groups in total. The molecule has 4 aromatic rings. The van der Waals surface area contributed by atoms with Gasteiger partial charge in [0.2, 0.25) is 0 Å². The topological polar surface area (TPSA) is 38.0 Å². The quantitative estimate of drug-likeness (QED) is 0.335. The number of allylic oxidation sites excluding steroid dienone is 2. The van der Waals surface area contributed by atoms with Crippen LogP contribution in [0, 0.1) is 13.8 Å². The molecule has 2 aromatic carbocycles. The molecule has 0 unspecified atom stereocenters. The van der Waals surface area contributed by atoms with Crippen molar-refractivity contribution in [2.24, 2.45) is 0 Å². The number of rotatable bonds is 6. The van der Waals surface area contributed by atoms with E-state index in [0.29, 0.717) is 0 Å². The third-order valence-corrected chi connectivity index (χ3v) is 5.80. The largest absolute Gasteiger partial charge is 0.508 e. The van der Waals surface area contributed by atoms with Crippen molar-refractivity contribution < 1.29 is 5.11 Å². The minimum Gasteiger partial charge on any atom is -0.508 e. The first kappa shape index (κ1) is 21.1. The predicted molar refractivity (Wildman–Crippen MR) is 135 cm³/mol. The number of aromatic hydroxyl groups is 1. The second kappa shape index (κ2) is 8.94. The number of aromatic nitrogens is 2. The van der Waals surface area contributed by atoms with E-state index in [1.807, 2.05) is 48.7 Å². The summed E-state index contributed by atoms with van der Waals surface area (Å²) in [5.41, 5.74) is 9.46. The van der Waals surface area contributed by atoms with Gasteiger partial charge < -0.3 is 9.67 Å². The van der Waals surface area contributed by atoms with E-state index in [1.165, 1.54) is 11.1 Å². The first-order valence-corrected chi connectivity index (χ1v) is 10.5. The van der Waals surface area contributed by atoms with Gasteiger partial charge in [-0.2, -0.15) is 0 Å². The highest BCUT2D eigenvalue weighted by atomic mass is 16.3. The lowest BCUT2D eigenvalue weighted by Gasteiger charge is -2.16. The minimum atomic E-state index is 0.224. The standard InChI is InChI=1S/C29H26N2O/c1-5-22(24-11-10-16-30-19-24)18-28-20(3)21(4)29(31(28)25-12-8-7-9-13-25)27-15-14-26(32)17-23(27)6-2/h5-19,32H,1-2H2,3-4H3/b22-18+. The van der Waals surface area contributed by atoms with Gasteiger partial charge >= 0.3 is 0 Å². The van der Waals surface area contributed by atoms with E-state index < -0.39 is 0 Å². The molecule has 4 rings (SSSR count). The Kier molecular flexibility index (Phi) is 5.91. The Morgan fingerprint density at radius 3 is 2.41 bits per heavy atom. The van der Waals surface area contributed by atoms with E-state index in [-0.39, 0.29) is 5.75 Å². The molecule has 2 aromatic heterocycles. The highest BCUT2D eigenvalue weighted by molar-refractivity contribution is 5.89. The summed E-state index contributed by atoms with van der Waals surface area (Å²) in [7, 11) is 0. The zero-order valence-electron chi connectivity index (χ0n) is 18.4. The summed E-state index contributed by atoms with van der Waals surface area (Å²) in [6.07, 6.45) is 9.43. The van der Waals surface area contributed by atoms with Crippen LogP contribution in [0.4, 0.5) is 0 Å². The maximum absolute atomic E-state index is 10.0. The zero-order chi connectivity index (χ0) is 22.7. The summed E-state index contributed by atoms with van der Waals surface area (Å²) in [5, 5.41) is 10.0. The Hall–Kier alpha value is -4.11. The summed E-state index contributed by atoms with van der Waals surface area (Å²) >= 11 is 0. The van der Waals surface area contributed by atoms with Gasteiger partial charge in [0.05, 0.1) is 11.4 Å². The van der Waals surface area contributed by atoms with Crippen LogP contribution < -0.4 is 0 Å². The molecular formula is C29H26N2O. The maximum Gasteiger partial charge on any atom is 0.116 e. The number of nitrogens with zero attached hydrogens (tertiary/aromatic N) is 2. The van der Waals surface area contributed by atoms with Gasteiger partial charge in [0.1, 0.15) is 5.75 Å². The fraction of sp³-hybridized carbons (Fsp3) is 0.0690. The third-order valence-electron chi connectivity index (χ3n) is 5.80. The molecule has 32 heavy (non-hydrogen) atoms. The smallest absolute Gasteiger partial charge is 0.116 e. The summed E-state index contributed by atoms with van der Waals surface area (Å²) < 4.78 is 2.27. The Morgan fingerprint density at radius 1 is 0.969 bits per heavy atom. The number of para-hydroxylation sites is 1. The van der Waals surface area contributed by atoms with Crippen molar-refractivity contribution in [3.05, 3.63) is 120 Å². The van der Waals surface area contributed by atoms with Crippen LogP contribution in [0.25, 0.3) is 34.7 Å². The molecule has 0 radical (unpaired) electrons. The van der Waals surface area contributed by atoms with E-state index in [1.54, 1.807) is 24.4 Å². The van der Waals surface area contributed by atoms with Gasteiger partial charge in [0, 0.05) is 29.2 Å². The molecule has 0 aliphatic heterocycles. The number of hydrogen-bond acceptors (Lipinski definition) is 2. The third kappa shape index (κ3) is 3.81. The number of benzene rings is 2. The number of hydrogen-bond donors (Lipinski definition) is 1. The molecule has 0 aliphatic rings. The average Bonchev–Trinajstić information content (AvgIpc) is 3.08. The second-order valence-corrected chi connectivity index (χ2v) is 7.68. The lowest BCUT2D eigenvalue weighted by atomic mass is 10.00. The van der Waals surface area contributed by atoms with Crippen molar-refractivity contribution >= 4 is 17.7 Å². The number of pyridine rings is 1. The molecular weight excluding hydrogens is 392 g/mol. The molecule has 0 aliphatic carbocycles. The predicted octanol–water partition coefficient (Wildman–Crippen LogP) is 7.23. The highest BCUT2D eigenvalue weighted by Gasteiger charge is 2.21. The fourth-order valence-corrected chi connectivity index (χ4v) is 4.04. The van der Waals surface area contributed by atoms with Crippen LogP contribution in [0.15, 0.2) is 92.3 Å². The van der Waals surface area contributed by atoms with Crippen LogP contribution >= 0.6 is 0 Å². The Balaban J connectivity index is 2.07. The van der Waals surface area contributed by atoms with Gasteiger partial charge in [-0.1, -0.05) is 49.6 Å². The Labute approximate surface area is 189 Å². The molecule has 0 spiro atoms. The van der Waals surface area contributed by atoms with Gasteiger partial charge in [0.25, 0.3) is 0 Å². The van der Waals surface area contributed by atoms with Gasteiger partial charge in [-0.3, -0.25) is 4.98 Å². The molecule has 158 valence electrons. The van der Waals surface area contributed by atoms with E-state index in [0.717, 1.165) is 39.3 Å². The van der Waals surface area contributed by atoms with Crippen molar-refractivity contribution in [2.45, 2.75) is 13.8 Å². The van der Waals surface area contributed by atoms with Crippen molar-refractivity contribution in [1.29, 1.82) is 0 Å². The van der Waals surface area contributed by atoms with Crippen LogP contribution in [-0.4, -0.2) is 14.7 Å². The molecule has 0 fully saturated rings. The summed E-state index contributed by atoms with van der Waals surface area (Å²) in [6.45, 7) is 12.3. The second-order valence-electron chi connectivity index (χ2n) is 7.68. The zero-order valence-corrected chi connectivity index (χ0v) is 18.4. The van der Waals surface area contributed by atoms with Crippen LogP contribution in [0.5, 0.6) is 5.75 Å². The maximum atomic E-state index is 10.0. The van der Waals surface area contributed by atoms with Gasteiger partial charge in [-0.15, -0.1) is 0 Å². The van der Waals surface area contributed by atoms with Gasteiger partial charge in [0.15, 0.2) is 0 Å². The lowest BCUT2D eigenvalue weighted by Crippen LogP contribution is -2.01. The number of phenolic OH excluding ortho intramolecular Hbond substituents is 1. The molecule has 3 heteroatoms. The van der Waals surface area contributed by atoms with Crippen LogP contribution in [0.3, 0.4) is 0 Å². The van der Waals surface area contributed by atoms with Crippen LogP contribution in [-0.2, 0) is 0 Å². The number of phenols is 1. The van der Waals surface area contributed by atoms with E-state index >= 15 is 0 Å². The van der Waals surface area contributed by atoms with E-state index in [2.05, 4.69) is 54.8 Å². The molecule has 0 saturated heterocycles. The molecule has 0 bridgehead atoms. The van der Waals surface area contributed by atoms with Crippen LogP contribution in [0.2, 0.25) is 0 Å². The van der Waals surface area contributed by atoms with Crippen molar-refractivity contribution in [3.63, 3.8) is 0 Å². The molecule has 2 heterocycles. The summed E-state index contributed by atoms with van der Waals surface area (Å²) in [4.78, 5) is 4.27. The Bertz CT molecular complexity index is 1310. The van der Waals surface area contributed by atoms with E-state index in [9.17, 15) is 5.11 Å². The SMILES string of the molecule is C=C/C(=C\c1c(C)c(C)c(-c2ccc(O)cc2C=C)n1-c1ccccc1)c1cccnc1. The van der Waals surface area contributed by atoms with Crippen molar-refractivity contribution in [1.82, 2.24) is 9.55 Å². The normalized spacial score (nSPS) is 11.4. The average molecular weight is 419 g/mol. The molecule has 0 atom stereocenters. The molecule has 3 nitrogen and oxygen atoms in total. The first-order valence-electron chi connectivity index (χ1n) is 10.5. The Morgan fingerprint density at radius 2 is 1.75 bits per heavy atom. The molecule has 0 amide bonds. The van der Waals surface area contributed by atoms with Gasteiger partial charge in [-0.05, 0) is 78.6 Å².